The van der Waals surface area contributed by atoms with Crippen molar-refractivity contribution in [1.82, 2.24) is 14.9 Å². The summed E-state index contributed by atoms with van der Waals surface area (Å²) in [6.07, 6.45) is 1.73. The molecule has 0 aliphatic carbocycles. The van der Waals surface area contributed by atoms with Crippen molar-refractivity contribution in [2.75, 3.05) is 17.9 Å². The molecular formula is C22H24ClN5O2S. The Morgan fingerprint density at radius 3 is 2.81 bits per heavy atom. The largest absolute Gasteiger partial charge is 0.495 e. The van der Waals surface area contributed by atoms with Gasteiger partial charge < -0.3 is 15.5 Å². The number of methoxy groups -OCH3 is 1. The number of aryl methyl sites for hydroxylation is 2. The Labute approximate surface area is 190 Å². The predicted molar refractivity (Wildman–Crippen MR) is 124 cm³/mol. The van der Waals surface area contributed by atoms with Crippen LogP contribution in [0.4, 0.5) is 5.69 Å². The number of halogens is 1. The molecule has 0 radical (unpaired) electrons. The van der Waals surface area contributed by atoms with Gasteiger partial charge in [0.05, 0.1) is 18.2 Å². The van der Waals surface area contributed by atoms with E-state index in [4.69, 9.17) is 16.3 Å². The predicted octanol–water partition coefficient (Wildman–Crippen LogP) is 4.60. The molecule has 1 aliphatic rings. The van der Waals surface area contributed by atoms with Gasteiger partial charge in [-0.05, 0) is 42.7 Å². The van der Waals surface area contributed by atoms with Crippen LogP contribution in [-0.2, 0) is 11.2 Å². The number of anilines is 1. The molecule has 162 valence electrons. The monoisotopic (exact) mass is 457 g/mol. The number of carbonyl (C=O) groups excluding carboxylic acids is 1. The van der Waals surface area contributed by atoms with Crippen LogP contribution in [0, 0.1) is 6.92 Å². The van der Waals surface area contributed by atoms with Crippen molar-refractivity contribution in [3.8, 4) is 5.75 Å². The lowest BCUT2D eigenvalue weighted by molar-refractivity contribution is -0.116. The van der Waals surface area contributed by atoms with Crippen LogP contribution in [0.25, 0.3) is 0 Å². The first-order valence-electron chi connectivity index (χ1n) is 10.1. The number of aromatic nitrogens is 3. The van der Waals surface area contributed by atoms with Crippen LogP contribution in [0.15, 0.2) is 47.6 Å². The highest BCUT2D eigenvalue weighted by atomic mass is 35.5. The van der Waals surface area contributed by atoms with E-state index in [1.165, 1.54) is 11.8 Å². The third kappa shape index (κ3) is 4.36. The van der Waals surface area contributed by atoms with E-state index in [1.54, 1.807) is 7.11 Å². The number of nitrogens with one attached hydrogen (secondary N) is 2. The van der Waals surface area contributed by atoms with Crippen LogP contribution >= 0.6 is 23.4 Å². The van der Waals surface area contributed by atoms with Gasteiger partial charge in [-0.3, -0.25) is 4.79 Å². The fourth-order valence-electron chi connectivity index (χ4n) is 3.53. The lowest BCUT2D eigenvalue weighted by Crippen LogP contribution is -2.41. The fraction of sp³-hybridized carbons (Fsp3) is 0.318. The second-order valence-electron chi connectivity index (χ2n) is 7.33. The average molecular weight is 458 g/mol. The van der Waals surface area contributed by atoms with Crippen LogP contribution in [0.5, 0.6) is 5.75 Å². The van der Waals surface area contributed by atoms with E-state index in [1.807, 2.05) is 54.1 Å². The number of nitrogens with zero attached hydrogens (tertiary/aromatic N) is 3. The molecule has 2 aromatic carbocycles. The molecule has 1 amide bonds. The van der Waals surface area contributed by atoms with Crippen LogP contribution in [0.3, 0.4) is 0 Å². The minimum Gasteiger partial charge on any atom is -0.495 e. The summed E-state index contributed by atoms with van der Waals surface area (Å²) in [6.45, 7) is 4.06. The Hall–Kier alpha value is -2.71. The molecule has 0 saturated carbocycles. The average Bonchev–Trinajstić information content (AvgIpc) is 3.16. The number of ether oxygens (including phenoxy) is 1. The Morgan fingerprint density at radius 2 is 2.10 bits per heavy atom. The third-order valence-corrected chi connectivity index (χ3v) is 6.68. The summed E-state index contributed by atoms with van der Waals surface area (Å²) in [7, 11) is 1.58. The molecule has 2 atom stereocenters. The van der Waals surface area contributed by atoms with E-state index in [0.717, 1.165) is 35.5 Å². The topological polar surface area (TPSA) is 81.1 Å². The zero-order chi connectivity index (χ0) is 22.0. The van der Waals surface area contributed by atoms with Crippen molar-refractivity contribution < 1.29 is 9.53 Å². The molecule has 7 nitrogen and oxygen atoms in total. The molecule has 2 heterocycles. The molecule has 0 saturated heterocycles. The third-order valence-electron chi connectivity index (χ3n) is 5.17. The van der Waals surface area contributed by atoms with Crippen LogP contribution in [0.2, 0.25) is 5.02 Å². The normalized spacial score (nSPS) is 17.5. The number of hydrogen-bond acceptors (Lipinski definition) is 6. The summed E-state index contributed by atoms with van der Waals surface area (Å²) in [6, 6.07) is 13.0. The maximum Gasteiger partial charge on any atom is 0.240 e. The van der Waals surface area contributed by atoms with Gasteiger partial charge in [0.15, 0.2) is 5.82 Å². The summed E-state index contributed by atoms with van der Waals surface area (Å²) in [5.74, 6) is 1.31. The fourth-order valence-corrected chi connectivity index (χ4v) is 4.89. The van der Waals surface area contributed by atoms with E-state index in [0.29, 0.717) is 15.9 Å². The molecule has 0 fully saturated rings. The summed E-state index contributed by atoms with van der Waals surface area (Å²) in [5, 5.41) is 12.3. The number of hydrogen-bond donors (Lipinski definition) is 2. The zero-order valence-electron chi connectivity index (χ0n) is 17.6. The van der Waals surface area contributed by atoms with Crippen molar-refractivity contribution in [3.05, 3.63) is 64.4 Å². The van der Waals surface area contributed by atoms with Gasteiger partial charge in [-0.2, -0.15) is 0 Å². The second kappa shape index (κ2) is 9.20. The summed E-state index contributed by atoms with van der Waals surface area (Å²) >= 11 is 7.79. The van der Waals surface area contributed by atoms with Crippen LogP contribution in [-0.4, -0.2) is 33.1 Å². The lowest BCUT2D eigenvalue weighted by atomic mass is 10.0. The first-order chi connectivity index (χ1) is 15.0. The Kier molecular flexibility index (Phi) is 6.38. The highest BCUT2D eigenvalue weighted by Crippen LogP contribution is 2.39. The SMILES string of the molecule is CCCc1nnc2n1NC(c1ccc(OC)c(Cl)c1)C(C(=O)Nc1ccccc1C)S2. The van der Waals surface area contributed by atoms with Gasteiger partial charge in [-0.1, -0.05) is 54.6 Å². The minimum absolute atomic E-state index is 0.116. The van der Waals surface area contributed by atoms with E-state index in [2.05, 4.69) is 27.9 Å². The number of carbonyl (C=O) groups is 1. The van der Waals surface area contributed by atoms with Crippen molar-refractivity contribution in [1.29, 1.82) is 0 Å². The van der Waals surface area contributed by atoms with E-state index in [-0.39, 0.29) is 11.9 Å². The standard InChI is InChI=1S/C22H24ClN5O2S/c1-4-7-18-25-26-22-28(18)27-19(14-10-11-17(30-3)15(23)12-14)20(31-22)21(29)24-16-9-6-5-8-13(16)2/h5-6,8-12,19-20,27H,4,7H2,1-3H3,(H,24,29). The maximum absolute atomic E-state index is 13.4. The molecule has 9 heteroatoms. The van der Waals surface area contributed by atoms with Crippen molar-refractivity contribution in [2.24, 2.45) is 0 Å². The first-order valence-corrected chi connectivity index (χ1v) is 11.3. The van der Waals surface area contributed by atoms with Crippen molar-refractivity contribution in [2.45, 2.75) is 43.1 Å². The summed E-state index contributed by atoms with van der Waals surface area (Å²) in [4.78, 5) is 13.4. The van der Waals surface area contributed by atoms with Gasteiger partial charge in [-0.25, -0.2) is 4.68 Å². The summed E-state index contributed by atoms with van der Waals surface area (Å²) < 4.78 is 7.17. The first kappa shape index (κ1) is 21.5. The molecule has 4 rings (SSSR count). The molecule has 1 aromatic heterocycles. The highest BCUT2D eigenvalue weighted by Gasteiger charge is 2.38. The number of rotatable bonds is 6. The van der Waals surface area contributed by atoms with Gasteiger partial charge in [0, 0.05) is 12.1 Å². The highest BCUT2D eigenvalue weighted by molar-refractivity contribution is 8.00. The molecule has 2 N–H and O–H groups in total. The van der Waals surface area contributed by atoms with E-state index >= 15 is 0 Å². The van der Waals surface area contributed by atoms with Crippen molar-refractivity contribution in [3.63, 3.8) is 0 Å². The number of thioether (sulfide) groups is 1. The maximum atomic E-state index is 13.4. The van der Waals surface area contributed by atoms with E-state index in [9.17, 15) is 4.79 Å². The van der Waals surface area contributed by atoms with Gasteiger partial charge in [0.2, 0.25) is 11.1 Å². The molecule has 0 bridgehead atoms. The molecule has 3 aromatic rings. The molecule has 1 aliphatic heterocycles. The molecule has 2 unspecified atom stereocenters. The molecular weight excluding hydrogens is 434 g/mol. The number of benzene rings is 2. The molecule has 0 spiro atoms. The number of para-hydroxylation sites is 1. The number of amides is 1. The Bertz CT molecular complexity index is 1100. The van der Waals surface area contributed by atoms with Gasteiger partial charge in [0.25, 0.3) is 0 Å². The smallest absolute Gasteiger partial charge is 0.240 e. The lowest BCUT2D eigenvalue weighted by Gasteiger charge is -2.33. The second-order valence-corrected chi connectivity index (χ2v) is 8.84. The quantitative estimate of drug-likeness (QED) is 0.563. The van der Waals surface area contributed by atoms with Crippen LogP contribution in [0.1, 0.15) is 36.3 Å². The Balaban J connectivity index is 1.70. The summed E-state index contributed by atoms with van der Waals surface area (Å²) in [5.41, 5.74) is 6.12. The van der Waals surface area contributed by atoms with Gasteiger partial charge in [-0.15, -0.1) is 10.2 Å². The van der Waals surface area contributed by atoms with Gasteiger partial charge in [0.1, 0.15) is 11.0 Å². The zero-order valence-corrected chi connectivity index (χ0v) is 19.1. The molecule has 31 heavy (non-hydrogen) atoms. The Morgan fingerprint density at radius 1 is 1.29 bits per heavy atom. The van der Waals surface area contributed by atoms with Crippen molar-refractivity contribution >= 4 is 35.0 Å². The van der Waals surface area contributed by atoms with Crippen LogP contribution < -0.4 is 15.5 Å². The van der Waals surface area contributed by atoms with E-state index < -0.39 is 5.25 Å². The van der Waals surface area contributed by atoms with Gasteiger partial charge >= 0.3 is 0 Å². The minimum atomic E-state index is -0.477. The number of fused-ring (bicyclic) bond motifs is 1.